The van der Waals surface area contributed by atoms with Gasteiger partial charge in [-0.2, -0.15) is 0 Å². The molecule has 5 nitrogen and oxygen atoms in total. The van der Waals surface area contributed by atoms with Gasteiger partial charge >= 0.3 is 6.09 Å². The van der Waals surface area contributed by atoms with Gasteiger partial charge < -0.3 is 14.5 Å². The fourth-order valence-corrected chi connectivity index (χ4v) is 2.52. The summed E-state index contributed by atoms with van der Waals surface area (Å²) in [5, 5.41) is 0. The Bertz CT molecular complexity index is 502. The molecule has 0 saturated carbocycles. The summed E-state index contributed by atoms with van der Waals surface area (Å²) in [6.45, 7) is 7.76. The highest BCUT2D eigenvalue weighted by molar-refractivity contribution is 5.68. The van der Waals surface area contributed by atoms with Crippen LogP contribution >= 0.6 is 0 Å². The highest BCUT2D eigenvalue weighted by Gasteiger charge is 2.33. The van der Waals surface area contributed by atoms with E-state index in [1.54, 1.807) is 11.0 Å². The Balaban J connectivity index is 1.90. The van der Waals surface area contributed by atoms with E-state index < -0.39 is 11.3 Å². The Kier molecular flexibility index (Phi) is 4.58. The van der Waals surface area contributed by atoms with Crippen LogP contribution in [0.3, 0.4) is 0 Å². The van der Waals surface area contributed by atoms with Crippen molar-refractivity contribution in [3.05, 3.63) is 23.9 Å². The molecule has 0 aromatic rings. The fraction of sp³-hybridized carbons (Fsp3) is 0.625. The van der Waals surface area contributed by atoms with E-state index in [4.69, 9.17) is 4.74 Å². The number of piperazine rings is 1. The first-order valence-electron chi connectivity index (χ1n) is 7.49. The molecule has 1 aliphatic carbocycles. The summed E-state index contributed by atoms with van der Waals surface area (Å²) in [5.74, 6) is 0. The minimum absolute atomic E-state index is 0.0550. The fourth-order valence-electron chi connectivity index (χ4n) is 2.52. The van der Waals surface area contributed by atoms with E-state index in [0.29, 0.717) is 32.5 Å². The first-order valence-corrected chi connectivity index (χ1v) is 7.49. The van der Waals surface area contributed by atoms with Crippen LogP contribution in [0.5, 0.6) is 0 Å². The lowest BCUT2D eigenvalue weighted by Gasteiger charge is -2.39. The number of rotatable bonds is 2. The molecule has 1 unspecified atom stereocenters. The zero-order chi connectivity index (χ0) is 16.4. The molecule has 122 valence electrons. The van der Waals surface area contributed by atoms with Crippen LogP contribution in [0.25, 0.3) is 0 Å². The molecule has 2 rings (SSSR count). The molecule has 1 saturated heterocycles. The van der Waals surface area contributed by atoms with Crippen LogP contribution in [0.4, 0.5) is 9.18 Å². The van der Waals surface area contributed by atoms with Gasteiger partial charge in [0.15, 0.2) is 12.0 Å². The molecule has 0 aromatic heterocycles. The Labute approximate surface area is 130 Å². The predicted octanol–water partition coefficient (Wildman–Crippen LogP) is 2.29. The number of alkyl halides is 1. The lowest BCUT2D eigenvalue weighted by atomic mass is 9.95. The second-order valence-corrected chi connectivity index (χ2v) is 6.69. The minimum Gasteiger partial charge on any atom is -0.444 e. The molecule has 22 heavy (non-hydrogen) atoms. The van der Waals surface area contributed by atoms with E-state index >= 15 is 0 Å². The number of nitrogens with zero attached hydrogens (tertiary/aromatic N) is 2. The van der Waals surface area contributed by atoms with Crippen molar-refractivity contribution in [1.29, 1.82) is 0 Å². The molecule has 1 heterocycles. The number of hydrogen-bond acceptors (Lipinski definition) is 4. The molecule has 1 fully saturated rings. The lowest BCUT2D eigenvalue weighted by molar-refractivity contribution is -0.115. The summed E-state index contributed by atoms with van der Waals surface area (Å²) in [4.78, 5) is 26.5. The molecule has 0 radical (unpaired) electrons. The van der Waals surface area contributed by atoms with Gasteiger partial charge in [0, 0.05) is 38.3 Å². The standard InChI is InChI=1S/C16H23FN2O3/c1-15(2,3)22-14(21)19-9-7-18(8-10-19)13-5-4-6-16(17,11-13)12-20/h4-6,12H,7-11H2,1-3H3. The van der Waals surface area contributed by atoms with Crippen LogP contribution in [0.1, 0.15) is 27.2 Å². The summed E-state index contributed by atoms with van der Waals surface area (Å²) in [6.07, 6.45) is 4.75. The molecular weight excluding hydrogens is 287 g/mol. The van der Waals surface area contributed by atoms with Gasteiger partial charge in [0.2, 0.25) is 0 Å². The SMILES string of the molecule is CC(C)(C)OC(=O)N1CCN(C2=CC=CC(F)(C=O)C2)CC1. The number of halogens is 1. The zero-order valence-electron chi connectivity index (χ0n) is 13.3. The van der Waals surface area contributed by atoms with Gasteiger partial charge in [0.1, 0.15) is 5.60 Å². The van der Waals surface area contributed by atoms with Crippen molar-refractivity contribution >= 4 is 12.4 Å². The molecule has 1 atom stereocenters. The zero-order valence-corrected chi connectivity index (χ0v) is 13.3. The summed E-state index contributed by atoms with van der Waals surface area (Å²) in [7, 11) is 0. The van der Waals surface area contributed by atoms with Crippen LogP contribution in [-0.2, 0) is 9.53 Å². The van der Waals surface area contributed by atoms with Crippen LogP contribution < -0.4 is 0 Å². The largest absolute Gasteiger partial charge is 0.444 e. The van der Waals surface area contributed by atoms with Gasteiger partial charge in [0.05, 0.1) is 0 Å². The third-order valence-corrected chi connectivity index (χ3v) is 3.65. The van der Waals surface area contributed by atoms with Gasteiger partial charge in [-0.05, 0) is 32.9 Å². The molecular formula is C16H23FN2O3. The number of carbonyl (C=O) groups is 2. The maximum Gasteiger partial charge on any atom is 0.410 e. The van der Waals surface area contributed by atoms with Crippen molar-refractivity contribution in [3.63, 3.8) is 0 Å². The lowest BCUT2D eigenvalue weighted by Crippen LogP contribution is -2.50. The van der Waals surface area contributed by atoms with E-state index in [1.807, 2.05) is 31.7 Å². The molecule has 1 aliphatic heterocycles. The third-order valence-electron chi connectivity index (χ3n) is 3.65. The molecule has 0 aromatic carbocycles. The average molecular weight is 310 g/mol. The topological polar surface area (TPSA) is 49.9 Å². The van der Waals surface area contributed by atoms with Crippen LogP contribution in [-0.4, -0.2) is 59.6 Å². The Morgan fingerprint density at radius 2 is 1.95 bits per heavy atom. The smallest absolute Gasteiger partial charge is 0.410 e. The Morgan fingerprint density at radius 1 is 1.32 bits per heavy atom. The summed E-state index contributed by atoms with van der Waals surface area (Å²) >= 11 is 0. The predicted molar refractivity (Wildman–Crippen MR) is 81.1 cm³/mol. The van der Waals surface area contributed by atoms with Crippen molar-refractivity contribution < 1.29 is 18.7 Å². The van der Waals surface area contributed by atoms with E-state index in [9.17, 15) is 14.0 Å². The van der Waals surface area contributed by atoms with Gasteiger partial charge in [-0.15, -0.1) is 0 Å². The average Bonchev–Trinajstić information content (AvgIpc) is 2.46. The summed E-state index contributed by atoms with van der Waals surface area (Å²) in [5.41, 5.74) is -1.63. The minimum atomic E-state index is -1.91. The van der Waals surface area contributed by atoms with Crippen LogP contribution in [0.2, 0.25) is 0 Å². The number of hydrogen-bond donors (Lipinski definition) is 0. The number of ether oxygens (including phenoxy) is 1. The number of amides is 1. The first-order chi connectivity index (χ1) is 10.2. The van der Waals surface area contributed by atoms with Crippen molar-refractivity contribution in [2.45, 2.75) is 38.5 Å². The van der Waals surface area contributed by atoms with Gasteiger partial charge in [-0.1, -0.05) is 6.08 Å². The van der Waals surface area contributed by atoms with E-state index in [2.05, 4.69) is 0 Å². The molecule has 6 heteroatoms. The second-order valence-electron chi connectivity index (χ2n) is 6.69. The molecule has 0 spiro atoms. The first kappa shape index (κ1) is 16.5. The van der Waals surface area contributed by atoms with Crippen molar-refractivity contribution in [2.75, 3.05) is 26.2 Å². The van der Waals surface area contributed by atoms with Crippen molar-refractivity contribution in [2.24, 2.45) is 0 Å². The third kappa shape index (κ3) is 4.08. The Hall–Kier alpha value is -1.85. The number of carbonyl (C=O) groups excluding carboxylic acids is 2. The second kappa shape index (κ2) is 6.10. The monoisotopic (exact) mass is 310 g/mol. The van der Waals surface area contributed by atoms with Crippen LogP contribution in [0, 0.1) is 0 Å². The van der Waals surface area contributed by atoms with E-state index in [0.717, 1.165) is 5.70 Å². The highest BCUT2D eigenvalue weighted by atomic mass is 19.1. The van der Waals surface area contributed by atoms with Crippen LogP contribution in [0.15, 0.2) is 23.9 Å². The summed E-state index contributed by atoms with van der Waals surface area (Å²) < 4.78 is 19.4. The number of allylic oxidation sites excluding steroid dienone is 4. The Morgan fingerprint density at radius 3 is 2.50 bits per heavy atom. The maximum absolute atomic E-state index is 14.1. The highest BCUT2D eigenvalue weighted by Crippen LogP contribution is 2.28. The molecule has 0 bridgehead atoms. The van der Waals surface area contributed by atoms with Crippen molar-refractivity contribution in [3.8, 4) is 0 Å². The molecule has 1 amide bonds. The maximum atomic E-state index is 14.1. The van der Waals surface area contributed by atoms with E-state index in [1.165, 1.54) is 6.08 Å². The quantitative estimate of drug-likeness (QED) is 0.734. The van der Waals surface area contributed by atoms with E-state index in [-0.39, 0.29) is 12.5 Å². The van der Waals surface area contributed by atoms with Gasteiger partial charge in [-0.25, -0.2) is 9.18 Å². The van der Waals surface area contributed by atoms with Gasteiger partial charge in [-0.3, -0.25) is 4.79 Å². The normalized spacial score (nSPS) is 25.7. The van der Waals surface area contributed by atoms with Gasteiger partial charge in [0.25, 0.3) is 0 Å². The number of aldehydes is 1. The molecule has 2 aliphatic rings. The summed E-state index contributed by atoms with van der Waals surface area (Å²) in [6, 6.07) is 0. The molecule has 0 N–H and O–H groups in total. The van der Waals surface area contributed by atoms with Crippen molar-refractivity contribution in [1.82, 2.24) is 9.80 Å².